The fourth-order valence-corrected chi connectivity index (χ4v) is 1.57. The molecule has 19 heavy (non-hydrogen) atoms. The highest BCUT2D eigenvalue weighted by atomic mass is 15.3. The van der Waals surface area contributed by atoms with Crippen molar-refractivity contribution in [3.8, 4) is 0 Å². The van der Waals surface area contributed by atoms with E-state index in [2.05, 4.69) is 58.4 Å². The van der Waals surface area contributed by atoms with Crippen molar-refractivity contribution in [1.82, 2.24) is 15.2 Å². The molecule has 0 aliphatic heterocycles. The van der Waals surface area contributed by atoms with Crippen LogP contribution in [0.4, 0.5) is 17.5 Å². The van der Waals surface area contributed by atoms with Gasteiger partial charge in [0.25, 0.3) is 0 Å². The fraction of sp³-hybridized carbons (Fsp3) is 0.214. The van der Waals surface area contributed by atoms with Gasteiger partial charge in [-0.05, 0) is 37.1 Å². The Hall–Kier alpha value is -2.43. The van der Waals surface area contributed by atoms with Crippen LogP contribution in [-0.4, -0.2) is 21.7 Å². The van der Waals surface area contributed by atoms with Crippen molar-refractivity contribution in [2.45, 2.75) is 13.8 Å². The van der Waals surface area contributed by atoms with Gasteiger partial charge in [-0.3, -0.25) is 0 Å². The summed E-state index contributed by atoms with van der Waals surface area (Å²) in [7, 11) is 0. The molecule has 0 amide bonds. The Labute approximate surface area is 112 Å². The summed E-state index contributed by atoms with van der Waals surface area (Å²) in [5.41, 5.74) is 3.43. The Morgan fingerprint density at radius 1 is 1.26 bits per heavy atom. The topological polar surface area (TPSA) is 62.7 Å². The van der Waals surface area contributed by atoms with Crippen LogP contribution in [0.2, 0.25) is 0 Å². The lowest BCUT2D eigenvalue weighted by molar-refractivity contribution is 0.975. The van der Waals surface area contributed by atoms with Crippen molar-refractivity contribution in [3.63, 3.8) is 0 Å². The monoisotopic (exact) mass is 255 g/mol. The molecule has 0 saturated carbocycles. The average molecular weight is 255 g/mol. The highest BCUT2D eigenvalue weighted by Gasteiger charge is 2.01. The molecular formula is C14H17N5. The smallest absolute Gasteiger partial charge is 0.249 e. The van der Waals surface area contributed by atoms with E-state index >= 15 is 0 Å². The van der Waals surface area contributed by atoms with Gasteiger partial charge in [-0.1, -0.05) is 12.1 Å². The van der Waals surface area contributed by atoms with E-state index in [0.717, 1.165) is 5.69 Å². The van der Waals surface area contributed by atoms with E-state index in [4.69, 9.17) is 0 Å². The van der Waals surface area contributed by atoms with Crippen LogP contribution in [-0.2, 0) is 0 Å². The van der Waals surface area contributed by atoms with Crippen molar-refractivity contribution in [2.24, 2.45) is 0 Å². The molecule has 2 N–H and O–H groups in total. The van der Waals surface area contributed by atoms with E-state index in [1.54, 1.807) is 12.3 Å². The predicted molar refractivity (Wildman–Crippen MR) is 77.7 cm³/mol. The summed E-state index contributed by atoms with van der Waals surface area (Å²) in [5.74, 6) is 1.14. The third kappa shape index (κ3) is 3.51. The third-order valence-corrected chi connectivity index (χ3v) is 2.75. The molecular weight excluding hydrogens is 238 g/mol. The van der Waals surface area contributed by atoms with Crippen LogP contribution >= 0.6 is 0 Å². The first-order valence-electron chi connectivity index (χ1n) is 6.08. The van der Waals surface area contributed by atoms with Crippen molar-refractivity contribution in [2.75, 3.05) is 17.2 Å². The predicted octanol–water partition coefficient (Wildman–Crippen LogP) is 2.83. The standard InChI is InChI=1S/C14H17N5/c1-4-7-15-13-9-16-19-14(18-13)17-12-6-5-10(2)11(3)8-12/h4-6,8-9H,1,7H2,2-3H3,(H2,15,17,18,19). The first-order valence-corrected chi connectivity index (χ1v) is 6.08. The summed E-state index contributed by atoms with van der Waals surface area (Å²) < 4.78 is 0. The largest absolute Gasteiger partial charge is 0.365 e. The number of nitrogens with zero attached hydrogens (tertiary/aromatic N) is 3. The number of benzene rings is 1. The van der Waals surface area contributed by atoms with Gasteiger partial charge in [0.15, 0.2) is 5.82 Å². The number of hydrogen-bond acceptors (Lipinski definition) is 5. The highest BCUT2D eigenvalue weighted by molar-refractivity contribution is 5.56. The van der Waals surface area contributed by atoms with Gasteiger partial charge in [-0.2, -0.15) is 10.1 Å². The minimum atomic E-state index is 0.470. The van der Waals surface area contributed by atoms with Gasteiger partial charge < -0.3 is 10.6 Å². The van der Waals surface area contributed by atoms with Crippen LogP contribution in [0.25, 0.3) is 0 Å². The maximum atomic E-state index is 4.31. The summed E-state index contributed by atoms with van der Waals surface area (Å²) in [6, 6.07) is 6.11. The van der Waals surface area contributed by atoms with Crippen LogP contribution in [0.5, 0.6) is 0 Å². The summed E-state index contributed by atoms with van der Waals surface area (Å²) in [6.07, 6.45) is 3.34. The van der Waals surface area contributed by atoms with Crippen molar-refractivity contribution in [3.05, 3.63) is 48.2 Å². The minimum absolute atomic E-state index is 0.470. The third-order valence-electron chi connectivity index (χ3n) is 2.75. The second kappa shape index (κ2) is 5.95. The summed E-state index contributed by atoms with van der Waals surface area (Å²) in [6.45, 7) is 8.43. The zero-order valence-electron chi connectivity index (χ0n) is 11.1. The summed E-state index contributed by atoms with van der Waals surface area (Å²) in [5, 5.41) is 14.1. The molecule has 1 aromatic carbocycles. The number of aromatic nitrogens is 3. The quantitative estimate of drug-likeness (QED) is 0.804. The SMILES string of the molecule is C=CCNc1cnnc(Nc2ccc(C)c(C)c2)n1. The zero-order valence-corrected chi connectivity index (χ0v) is 11.1. The van der Waals surface area contributed by atoms with E-state index in [1.807, 2.05) is 6.07 Å². The molecule has 0 aliphatic rings. The Balaban J connectivity index is 2.13. The van der Waals surface area contributed by atoms with Crippen LogP contribution in [0.15, 0.2) is 37.1 Å². The lowest BCUT2D eigenvalue weighted by atomic mass is 10.1. The minimum Gasteiger partial charge on any atom is -0.365 e. The molecule has 2 aromatic rings. The molecule has 0 radical (unpaired) electrons. The van der Waals surface area contributed by atoms with E-state index in [-0.39, 0.29) is 0 Å². The van der Waals surface area contributed by atoms with Crippen molar-refractivity contribution < 1.29 is 0 Å². The second-order valence-electron chi connectivity index (χ2n) is 4.26. The maximum absolute atomic E-state index is 4.31. The Morgan fingerprint density at radius 3 is 2.84 bits per heavy atom. The van der Waals surface area contributed by atoms with Gasteiger partial charge in [0.2, 0.25) is 5.95 Å². The molecule has 0 spiro atoms. The van der Waals surface area contributed by atoms with Gasteiger partial charge in [0.1, 0.15) is 0 Å². The number of rotatable bonds is 5. The lowest BCUT2D eigenvalue weighted by Crippen LogP contribution is -2.05. The number of anilines is 3. The molecule has 0 atom stereocenters. The summed E-state index contributed by atoms with van der Waals surface area (Å²) >= 11 is 0. The molecule has 98 valence electrons. The Bertz CT molecular complexity index is 580. The molecule has 0 saturated heterocycles. The van der Waals surface area contributed by atoms with Crippen LogP contribution in [0.3, 0.4) is 0 Å². The number of hydrogen-bond donors (Lipinski definition) is 2. The van der Waals surface area contributed by atoms with E-state index in [1.165, 1.54) is 11.1 Å². The highest BCUT2D eigenvalue weighted by Crippen LogP contribution is 2.17. The lowest BCUT2D eigenvalue weighted by Gasteiger charge is -2.08. The second-order valence-corrected chi connectivity index (χ2v) is 4.26. The van der Waals surface area contributed by atoms with Crippen LogP contribution in [0, 0.1) is 13.8 Å². The van der Waals surface area contributed by atoms with Gasteiger partial charge in [0, 0.05) is 12.2 Å². The first kappa shape index (κ1) is 13.0. The maximum Gasteiger partial charge on any atom is 0.249 e. The average Bonchev–Trinajstić information content (AvgIpc) is 2.41. The molecule has 2 rings (SSSR count). The number of aryl methyl sites for hydroxylation is 2. The molecule has 5 heteroatoms. The zero-order chi connectivity index (χ0) is 13.7. The fourth-order valence-electron chi connectivity index (χ4n) is 1.57. The molecule has 1 aromatic heterocycles. The molecule has 5 nitrogen and oxygen atoms in total. The van der Waals surface area contributed by atoms with E-state index < -0.39 is 0 Å². The molecule has 0 bridgehead atoms. The Morgan fingerprint density at radius 2 is 2.11 bits per heavy atom. The van der Waals surface area contributed by atoms with Gasteiger partial charge >= 0.3 is 0 Å². The molecule has 0 unspecified atom stereocenters. The van der Waals surface area contributed by atoms with Gasteiger partial charge in [-0.25, -0.2) is 0 Å². The van der Waals surface area contributed by atoms with Crippen LogP contribution in [0.1, 0.15) is 11.1 Å². The normalized spacial score (nSPS) is 10.0. The first-order chi connectivity index (χ1) is 9.19. The molecule has 0 fully saturated rings. The van der Waals surface area contributed by atoms with Crippen LogP contribution < -0.4 is 10.6 Å². The van der Waals surface area contributed by atoms with E-state index in [0.29, 0.717) is 18.3 Å². The molecule has 0 aliphatic carbocycles. The van der Waals surface area contributed by atoms with E-state index in [9.17, 15) is 0 Å². The Kier molecular flexibility index (Phi) is 4.07. The van der Waals surface area contributed by atoms with Crippen molar-refractivity contribution in [1.29, 1.82) is 0 Å². The van der Waals surface area contributed by atoms with Gasteiger partial charge in [-0.15, -0.1) is 11.7 Å². The summed E-state index contributed by atoms with van der Waals surface area (Å²) in [4.78, 5) is 4.31. The van der Waals surface area contributed by atoms with Crippen molar-refractivity contribution >= 4 is 17.5 Å². The van der Waals surface area contributed by atoms with Gasteiger partial charge in [0.05, 0.1) is 6.20 Å². The molecule has 1 heterocycles. The number of nitrogens with one attached hydrogen (secondary N) is 2.